The molecule has 0 amide bonds. The third kappa shape index (κ3) is 7.36. The highest BCUT2D eigenvalue weighted by Gasteiger charge is 2.45. The number of carboxylic acids is 1. The first-order valence-electron chi connectivity index (χ1n) is 9.51. The van der Waals surface area contributed by atoms with Crippen LogP contribution in [0.15, 0.2) is 0 Å². The van der Waals surface area contributed by atoms with Crippen LogP contribution in [0.3, 0.4) is 0 Å². The van der Waals surface area contributed by atoms with Crippen molar-refractivity contribution in [2.75, 3.05) is 0 Å². The molecule has 1 rings (SSSR count). The van der Waals surface area contributed by atoms with E-state index < -0.39 is 23.9 Å². The highest BCUT2D eigenvalue weighted by Crippen LogP contribution is 2.31. The van der Waals surface area contributed by atoms with Crippen molar-refractivity contribution in [3.63, 3.8) is 0 Å². The lowest BCUT2D eigenvalue weighted by atomic mass is 9.89. The molecule has 0 aromatic heterocycles. The molecule has 4 heteroatoms. The number of aliphatic carboxylic acids is 1. The minimum absolute atomic E-state index is 0.356. The molecule has 0 aromatic carbocycles. The molecule has 1 heterocycles. The zero-order chi connectivity index (χ0) is 17.1. The molecular formula is C19H34O4. The van der Waals surface area contributed by atoms with Gasteiger partial charge < -0.3 is 9.84 Å². The van der Waals surface area contributed by atoms with Crippen molar-refractivity contribution in [2.45, 2.75) is 97.0 Å². The Kier molecular flexibility index (Phi) is 9.97. The molecule has 1 N–H and O–H groups in total. The number of carbonyl (C=O) groups excluding carboxylic acids is 1. The zero-order valence-electron chi connectivity index (χ0n) is 14.9. The van der Waals surface area contributed by atoms with Crippen molar-refractivity contribution in [3.8, 4) is 0 Å². The van der Waals surface area contributed by atoms with Gasteiger partial charge in [0.2, 0.25) is 0 Å². The van der Waals surface area contributed by atoms with E-state index in [9.17, 15) is 14.7 Å². The second-order valence-corrected chi connectivity index (χ2v) is 6.95. The number of cyclic esters (lactones) is 1. The van der Waals surface area contributed by atoms with Crippen molar-refractivity contribution < 1.29 is 19.4 Å². The summed E-state index contributed by atoms with van der Waals surface area (Å²) in [5, 5.41) is 9.22. The monoisotopic (exact) mass is 326 g/mol. The average molecular weight is 326 g/mol. The highest BCUT2D eigenvalue weighted by atomic mass is 16.6. The molecule has 1 fully saturated rings. The summed E-state index contributed by atoms with van der Waals surface area (Å²) in [7, 11) is 0. The summed E-state index contributed by atoms with van der Waals surface area (Å²) in [5.41, 5.74) is 0. The van der Waals surface area contributed by atoms with Gasteiger partial charge >= 0.3 is 11.9 Å². The van der Waals surface area contributed by atoms with Gasteiger partial charge in [0.25, 0.3) is 0 Å². The fourth-order valence-electron chi connectivity index (χ4n) is 3.42. The number of rotatable bonds is 13. The average Bonchev–Trinajstić information content (AvgIpc) is 2.79. The summed E-state index contributed by atoms with van der Waals surface area (Å²) in [6, 6.07) is 0. The molecule has 0 saturated carbocycles. The Morgan fingerprint density at radius 3 is 1.91 bits per heavy atom. The zero-order valence-corrected chi connectivity index (χ0v) is 14.9. The maximum absolute atomic E-state index is 11.5. The predicted octanol–water partition coefficient (Wildman–Crippen LogP) is 4.95. The van der Waals surface area contributed by atoms with Crippen molar-refractivity contribution in [2.24, 2.45) is 11.8 Å². The molecule has 4 nitrogen and oxygen atoms in total. The smallest absolute Gasteiger partial charge is 0.311 e. The molecule has 23 heavy (non-hydrogen) atoms. The first kappa shape index (κ1) is 20.0. The van der Waals surface area contributed by atoms with Crippen molar-refractivity contribution in [1.29, 1.82) is 0 Å². The Bertz CT molecular complexity index is 353. The van der Waals surface area contributed by atoms with Gasteiger partial charge in [0.05, 0.1) is 5.92 Å². The number of unbranched alkanes of at least 4 members (excludes halogenated alkanes) is 10. The van der Waals surface area contributed by atoms with Gasteiger partial charge in [-0.3, -0.25) is 9.59 Å². The molecule has 1 aliphatic rings. The van der Waals surface area contributed by atoms with Crippen LogP contribution < -0.4 is 0 Å². The number of hydrogen-bond acceptors (Lipinski definition) is 3. The van der Waals surface area contributed by atoms with E-state index in [-0.39, 0.29) is 5.97 Å². The molecule has 3 atom stereocenters. The Balaban J connectivity index is 2.00. The van der Waals surface area contributed by atoms with Crippen LogP contribution in [0.1, 0.15) is 90.9 Å². The standard InChI is InChI=1S/C19H34O4/c1-3-4-5-6-7-8-9-10-11-12-13-14-16-17(18(20)21)15(2)19(22)23-16/h15-17H,3-14H2,1-2H3,(H,20,21)/t15-,16-,17-/m1/s1. The summed E-state index contributed by atoms with van der Waals surface area (Å²) < 4.78 is 5.22. The molecule has 0 bridgehead atoms. The summed E-state index contributed by atoms with van der Waals surface area (Å²) in [4.78, 5) is 22.8. The van der Waals surface area contributed by atoms with Crippen LogP contribution in [0.2, 0.25) is 0 Å². The van der Waals surface area contributed by atoms with Crippen LogP contribution in [-0.2, 0) is 14.3 Å². The third-order valence-electron chi connectivity index (χ3n) is 4.96. The van der Waals surface area contributed by atoms with E-state index in [4.69, 9.17) is 4.74 Å². The van der Waals surface area contributed by atoms with Gasteiger partial charge in [-0.25, -0.2) is 0 Å². The third-order valence-corrected chi connectivity index (χ3v) is 4.96. The maximum Gasteiger partial charge on any atom is 0.311 e. The second-order valence-electron chi connectivity index (χ2n) is 6.95. The Morgan fingerprint density at radius 1 is 0.957 bits per heavy atom. The van der Waals surface area contributed by atoms with Gasteiger partial charge in [-0.1, -0.05) is 78.1 Å². The lowest BCUT2D eigenvalue weighted by Crippen LogP contribution is -2.27. The van der Waals surface area contributed by atoms with E-state index in [1.165, 1.54) is 57.8 Å². The van der Waals surface area contributed by atoms with Crippen LogP contribution in [0.4, 0.5) is 0 Å². The summed E-state index contributed by atoms with van der Waals surface area (Å²) in [6.45, 7) is 3.90. The minimum atomic E-state index is -0.906. The number of esters is 1. The largest absolute Gasteiger partial charge is 0.481 e. The molecule has 0 unspecified atom stereocenters. The van der Waals surface area contributed by atoms with Gasteiger partial charge in [0.1, 0.15) is 12.0 Å². The van der Waals surface area contributed by atoms with Gasteiger partial charge in [-0.2, -0.15) is 0 Å². The van der Waals surface area contributed by atoms with E-state index in [0.29, 0.717) is 6.42 Å². The van der Waals surface area contributed by atoms with Crippen molar-refractivity contribution in [1.82, 2.24) is 0 Å². The van der Waals surface area contributed by atoms with Gasteiger partial charge in [-0.05, 0) is 12.8 Å². The molecule has 0 aromatic rings. The molecule has 0 aliphatic carbocycles. The van der Waals surface area contributed by atoms with E-state index in [2.05, 4.69) is 6.92 Å². The normalized spacial score (nSPS) is 23.9. The summed E-state index contributed by atoms with van der Waals surface area (Å²) in [6.07, 6.45) is 14.2. The summed E-state index contributed by atoms with van der Waals surface area (Å²) >= 11 is 0. The molecule has 0 spiro atoms. The molecule has 134 valence electrons. The minimum Gasteiger partial charge on any atom is -0.481 e. The van der Waals surface area contributed by atoms with E-state index in [1.54, 1.807) is 6.92 Å². The topological polar surface area (TPSA) is 63.6 Å². The van der Waals surface area contributed by atoms with Crippen LogP contribution >= 0.6 is 0 Å². The number of carboxylic acid groups (broad SMARTS) is 1. The van der Waals surface area contributed by atoms with E-state index in [0.717, 1.165) is 12.8 Å². The van der Waals surface area contributed by atoms with Crippen molar-refractivity contribution >= 4 is 11.9 Å². The van der Waals surface area contributed by atoms with Crippen LogP contribution in [0, 0.1) is 11.8 Å². The Labute approximate surface area is 141 Å². The van der Waals surface area contributed by atoms with Gasteiger partial charge in [-0.15, -0.1) is 0 Å². The fraction of sp³-hybridized carbons (Fsp3) is 0.895. The molecule has 0 radical (unpaired) electrons. The maximum atomic E-state index is 11.5. The number of ether oxygens (including phenoxy) is 1. The van der Waals surface area contributed by atoms with Gasteiger partial charge in [0, 0.05) is 0 Å². The van der Waals surface area contributed by atoms with E-state index >= 15 is 0 Å². The Morgan fingerprint density at radius 2 is 1.43 bits per heavy atom. The van der Waals surface area contributed by atoms with Crippen molar-refractivity contribution in [3.05, 3.63) is 0 Å². The predicted molar refractivity (Wildman–Crippen MR) is 91.2 cm³/mol. The number of carbonyl (C=O) groups is 2. The fourth-order valence-corrected chi connectivity index (χ4v) is 3.42. The number of hydrogen-bond donors (Lipinski definition) is 1. The lowest BCUT2D eigenvalue weighted by Gasteiger charge is -2.15. The first-order chi connectivity index (χ1) is 11.1. The van der Waals surface area contributed by atoms with Gasteiger partial charge in [0.15, 0.2) is 0 Å². The molecule has 1 aliphatic heterocycles. The Hall–Kier alpha value is -1.06. The quantitative estimate of drug-likeness (QED) is 0.384. The SMILES string of the molecule is CCCCCCCCCCCCC[C@H]1OC(=O)[C@H](C)[C@H]1C(=O)O. The van der Waals surface area contributed by atoms with Crippen LogP contribution in [0.5, 0.6) is 0 Å². The first-order valence-corrected chi connectivity index (χ1v) is 9.51. The van der Waals surface area contributed by atoms with Crippen LogP contribution in [-0.4, -0.2) is 23.1 Å². The van der Waals surface area contributed by atoms with E-state index in [1.807, 2.05) is 0 Å². The van der Waals surface area contributed by atoms with Crippen LogP contribution in [0.25, 0.3) is 0 Å². The second kappa shape index (κ2) is 11.5. The lowest BCUT2D eigenvalue weighted by molar-refractivity contribution is -0.144. The highest BCUT2D eigenvalue weighted by molar-refractivity contribution is 5.84. The summed E-state index contributed by atoms with van der Waals surface area (Å²) in [5.74, 6) is -2.43. The molecular weight excluding hydrogens is 292 g/mol. The molecule has 1 saturated heterocycles.